The minimum absolute atomic E-state index is 0.0621. The number of nitrogens with one attached hydrogen (secondary N) is 5. The van der Waals surface area contributed by atoms with Crippen molar-refractivity contribution in [3.8, 4) is 0 Å². The number of aliphatic imine (C=N–C) groups is 1. The van der Waals surface area contributed by atoms with Crippen LogP contribution in [0.15, 0.2) is 41.1 Å². The van der Waals surface area contributed by atoms with Crippen molar-refractivity contribution in [1.82, 2.24) is 31.5 Å². The third-order valence-electron chi connectivity index (χ3n) is 11.8. The molecule has 1 saturated carbocycles. The van der Waals surface area contributed by atoms with Crippen molar-refractivity contribution >= 4 is 48.2 Å². The molecule has 2 heterocycles. The van der Waals surface area contributed by atoms with Gasteiger partial charge in [-0.25, -0.2) is 28.8 Å². The van der Waals surface area contributed by atoms with E-state index in [2.05, 4.69) is 31.6 Å². The molecule has 81 heavy (non-hydrogen) atoms. The van der Waals surface area contributed by atoms with E-state index in [1.54, 1.807) is 104 Å². The van der Waals surface area contributed by atoms with Crippen molar-refractivity contribution in [2.45, 2.75) is 219 Å². The lowest BCUT2D eigenvalue weighted by atomic mass is 9.72. The number of hydrogen-bond acceptors (Lipinski definition) is 20. The highest BCUT2D eigenvalue weighted by Crippen LogP contribution is 2.39. The van der Waals surface area contributed by atoms with E-state index in [0.717, 1.165) is 4.90 Å². The first-order valence-electron chi connectivity index (χ1n) is 26.4. The molecule has 11 atom stereocenters. The standard InChI is InChI=1S/C53H84N8O20/c1-48(2,3)77-43(65)56-32-24-33(57-44(66)78-49(4,5)6)38(76-40-36(63)39(53(16,70)27-74-40)60(17)47(69)81-52(13,14)15)35(62)34(32)37-31(55-41(58-45(67)79-50(7,8)9)59-46(68)80-51(10,11)12)23-22-30(75-37)25-54-42(64)73-26-28-18-20-29(21-19-28)61(71)72/h18-22,31-40,62-63,70H,23-27H2,1-17H3,(H,54,64)(H,56,65)(H,57,66)(H2,55,58,59,67,68)/t31-,32+,33-,34-,35+,36-,37?,38+,39-,40-,53+/m1/s1. The van der Waals surface area contributed by atoms with E-state index >= 15 is 0 Å². The Morgan fingerprint density at radius 3 is 1.80 bits per heavy atom. The number of aliphatic hydroxyl groups is 3. The predicted molar refractivity (Wildman–Crippen MR) is 288 cm³/mol. The number of likely N-dealkylation sites (N-methyl/N-ethyl adjacent to an activating group) is 1. The Morgan fingerprint density at radius 1 is 0.741 bits per heavy atom. The average Bonchev–Trinajstić information content (AvgIpc) is 3.26. The monoisotopic (exact) mass is 1150 g/mol. The molecule has 28 nitrogen and oxygen atoms in total. The molecule has 3 aliphatic rings. The topological polar surface area (TPSA) is 365 Å². The fourth-order valence-corrected chi connectivity index (χ4v) is 8.81. The molecule has 0 radical (unpaired) electrons. The maximum atomic E-state index is 13.9. The molecule has 1 aliphatic carbocycles. The molecule has 4 rings (SSSR count). The molecule has 1 saturated heterocycles. The van der Waals surface area contributed by atoms with Crippen LogP contribution < -0.4 is 26.6 Å². The van der Waals surface area contributed by atoms with Crippen LogP contribution in [-0.4, -0.2) is 176 Å². The van der Waals surface area contributed by atoms with Gasteiger partial charge < -0.3 is 84.1 Å². The number of benzene rings is 1. The second kappa shape index (κ2) is 26.4. The minimum atomic E-state index is -1.92. The summed E-state index contributed by atoms with van der Waals surface area (Å²) >= 11 is 0. The number of carbonyl (C=O) groups is 6. The number of carbonyl (C=O) groups excluding carboxylic acids is 6. The van der Waals surface area contributed by atoms with Gasteiger partial charge in [-0.15, -0.1) is 4.99 Å². The Labute approximate surface area is 471 Å². The van der Waals surface area contributed by atoms with Crippen molar-refractivity contribution in [1.29, 1.82) is 0 Å². The molecule has 0 spiro atoms. The molecule has 0 aromatic heterocycles. The van der Waals surface area contributed by atoms with Crippen LogP contribution in [0.1, 0.15) is 129 Å². The average molecular weight is 1150 g/mol. The van der Waals surface area contributed by atoms with E-state index in [-0.39, 0.29) is 37.4 Å². The van der Waals surface area contributed by atoms with Crippen LogP contribution in [0.3, 0.4) is 0 Å². The molecule has 1 aromatic rings. The van der Waals surface area contributed by atoms with Crippen molar-refractivity contribution in [3.63, 3.8) is 0 Å². The minimum Gasteiger partial charge on any atom is -0.491 e. The van der Waals surface area contributed by atoms with Crippen LogP contribution >= 0.6 is 0 Å². The van der Waals surface area contributed by atoms with Gasteiger partial charge in [-0.3, -0.25) is 15.4 Å². The van der Waals surface area contributed by atoms with Crippen LogP contribution in [-0.2, 0) is 49.2 Å². The van der Waals surface area contributed by atoms with Crippen LogP contribution in [0.4, 0.5) is 34.5 Å². The molecule has 0 bridgehead atoms. The highest BCUT2D eigenvalue weighted by atomic mass is 16.7. The molecular formula is C53H84N8O20. The maximum absolute atomic E-state index is 13.9. The van der Waals surface area contributed by atoms with Crippen molar-refractivity contribution < 1.29 is 91.6 Å². The lowest BCUT2D eigenvalue weighted by Crippen LogP contribution is -2.71. The van der Waals surface area contributed by atoms with Crippen LogP contribution in [0.5, 0.6) is 0 Å². The third-order valence-corrected chi connectivity index (χ3v) is 11.8. The highest BCUT2D eigenvalue weighted by molar-refractivity contribution is 5.99. The summed E-state index contributed by atoms with van der Waals surface area (Å²) in [6.45, 7) is 24.3. The molecule has 1 aromatic carbocycles. The van der Waals surface area contributed by atoms with Gasteiger partial charge in [0, 0.05) is 31.1 Å². The first kappa shape index (κ1) is 66.8. The number of amides is 6. The van der Waals surface area contributed by atoms with Crippen LogP contribution in [0.25, 0.3) is 0 Å². The fourth-order valence-electron chi connectivity index (χ4n) is 8.81. The third kappa shape index (κ3) is 21.6. The Morgan fingerprint density at radius 2 is 1.27 bits per heavy atom. The van der Waals surface area contributed by atoms with Gasteiger partial charge in [-0.2, -0.15) is 0 Å². The van der Waals surface area contributed by atoms with E-state index in [9.17, 15) is 54.2 Å². The summed E-state index contributed by atoms with van der Waals surface area (Å²) < 4.78 is 52.3. The largest absolute Gasteiger partial charge is 0.491 e. The summed E-state index contributed by atoms with van der Waals surface area (Å²) in [4.78, 5) is 96.6. The number of ether oxygens (including phenoxy) is 9. The van der Waals surface area contributed by atoms with Gasteiger partial charge in [-0.05, 0) is 147 Å². The predicted octanol–water partition coefficient (Wildman–Crippen LogP) is 5.52. The van der Waals surface area contributed by atoms with Gasteiger partial charge in [0.15, 0.2) is 6.29 Å². The zero-order valence-electron chi connectivity index (χ0n) is 49.3. The SMILES string of the molecule is CN(C(=O)OC(C)(C)C)[C@@H]1[C@@H](O)[C@@H](O[C@@H]2[C@@H](O)[C@H](C3OC(CNC(=O)OCc4ccc([N+](=O)[O-])cc4)=CC[C@H]3N/C(=N/C(=O)OC(C)(C)C)NC(=O)OC(C)(C)C)[C@@H](NC(=O)OC(C)(C)C)C[C@H]2NC(=O)OC(C)(C)C)OC[C@]1(C)O. The van der Waals surface area contributed by atoms with Gasteiger partial charge in [-0.1, -0.05) is 0 Å². The number of guanidine groups is 1. The Kier molecular flexibility index (Phi) is 21.8. The second-order valence-electron chi connectivity index (χ2n) is 25.1. The van der Waals surface area contributed by atoms with E-state index in [4.69, 9.17) is 42.6 Å². The first-order valence-corrected chi connectivity index (χ1v) is 26.4. The molecule has 456 valence electrons. The second-order valence-corrected chi connectivity index (χ2v) is 25.1. The van der Waals surface area contributed by atoms with Crippen molar-refractivity contribution in [3.05, 3.63) is 51.8 Å². The van der Waals surface area contributed by atoms with E-state index in [0.29, 0.717) is 5.56 Å². The van der Waals surface area contributed by atoms with Gasteiger partial charge in [0.25, 0.3) is 5.69 Å². The maximum Gasteiger partial charge on any atom is 0.437 e. The summed E-state index contributed by atoms with van der Waals surface area (Å²) in [5.74, 6) is -1.87. The number of hydrogen-bond donors (Lipinski definition) is 8. The van der Waals surface area contributed by atoms with E-state index in [1.807, 2.05) is 0 Å². The number of nitro groups is 1. The number of non-ortho nitro benzene ring substituents is 1. The molecule has 28 heteroatoms. The smallest absolute Gasteiger partial charge is 0.437 e. The number of nitro benzene ring substituents is 1. The van der Waals surface area contributed by atoms with Gasteiger partial charge in [0.05, 0.1) is 42.3 Å². The normalized spacial score (nSPS) is 26.4. The lowest BCUT2D eigenvalue weighted by molar-refractivity contribution is -0.384. The van der Waals surface area contributed by atoms with E-state index < -0.39 is 148 Å². The Bertz CT molecular complexity index is 2450. The summed E-state index contributed by atoms with van der Waals surface area (Å²) in [7, 11) is 1.30. The quantitative estimate of drug-likeness (QED) is 0.0419. The zero-order valence-corrected chi connectivity index (χ0v) is 49.3. The number of rotatable bonds is 12. The fraction of sp³-hybridized carbons (Fsp3) is 0.717. The van der Waals surface area contributed by atoms with Gasteiger partial charge >= 0.3 is 36.6 Å². The molecule has 1 unspecified atom stereocenters. The summed E-state index contributed by atoms with van der Waals surface area (Å²) in [6, 6.07) is 0.0961. The summed E-state index contributed by atoms with van der Waals surface area (Å²) in [5.41, 5.74) is -6.82. The summed E-state index contributed by atoms with van der Waals surface area (Å²) in [5, 5.41) is 61.5. The highest BCUT2D eigenvalue weighted by Gasteiger charge is 2.57. The zero-order chi connectivity index (χ0) is 61.4. The molecule has 2 fully saturated rings. The van der Waals surface area contributed by atoms with Crippen LogP contribution in [0, 0.1) is 16.0 Å². The van der Waals surface area contributed by atoms with Crippen LogP contribution in [0.2, 0.25) is 0 Å². The lowest BCUT2D eigenvalue weighted by Gasteiger charge is -2.52. The Hall–Kier alpha value is -6.75. The molecule has 8 N–H and O–H groups in total. The van der Waals surface area contributed by atoms with Gasteiger partial charge in [0.2, 0.25) is 5.96 Å². The molecule has 6 amide bonds. The molecular weight excluding hydrogens is 1070 g/mol. The van der Waals surface area contributed by atoms with Crippen molar-refractivity contribution in [2.75, 3.05) is 20.2 Å². The Balaban J connectivity index is 1.89. The molecule has 2 aliphatic heterocycles. The first-order chi connectivity index (χ1) is 37.0. The number of aliphatic hydroxyl groups excluding tert-OH is 2. The van der Waals surface area contributed by atoms with Gasteiger partial charge in [0.1, 0.15) is 64.3 Å². The number of alkyl carbamates (subject to hydrolysis) is 4. The summed E-state index contributed by atoms with van der Waals surface area (Å²) in [6.07, 6.45) is -13.5. The number of nitrogens with zero attached hydrogens (tertiary/aromatic N) is 3. The van der Waals surface area contributed by atoms with Crippen molar-refractivity contribution in [2.24, 2.45) is 10.9 Å². The van der Waals surface area contributed by atoms with E-state index in [1.165, 1.54) is 44.3 Å².